The van der Waals surface area contributed by atoms with Crippen molar-refractivity contribution < 1.29 is 4.52 Å². The minimum Gasteiger partial charge on any atom is -0.359 e. The summed E-state index contributed by atoms with van der Waals surface area (Å²) in [5, 5.41) is 10.8. The van der Waals surface area contributed by atoms with E-state index in [2.05, 4.69) is 53.4 Å². The maximum atomic E-state index is 5.36. The van der Waals surface area contributed by atoms with Gasteiger partial charge in [0.05, 0.1) is 5.69 Å². The highest BCUT2D eigenvalue weighted by atomic mass is 127. The Morgan fingerprint density at radius 3 is 2.81 bits per heavy atom. The zero-order valence-corrected chi connectivity index (χ0v) is 19.1. The molecule has 1 aromatic heterocycles. The van der Waals surface area contributed by atoms with E-state index in [0.29, 0.717) is 12.5 Å². The van der Waals surface area contributed by atoms with Gasteiger partial charge in [0.25, 0.3) is 0 Å². The molecule has 6 nitrogen and oxygen atoms in total. The van der Waals surface area contributed by atoms with Gasteiger partial charge in [-0.2, -0.15) is 0 Å². The number of aliphatic imine (C=N–C) groups is 1. The molecule has 0 aromatic carbocycles. The molecule has 1 unspecified atom stereocenters. The summed E-state index contributed by atoms with van der Waals surface area (Å²) in [4.78, 5) is 7.24. The highest BCUT2D eigenvalue weighted by Crippen LogP contribution is 2.18. The normalized spacial score (nSPS) is 18.7. The maximum Gasteiger partial charge on any atom is 0.191 e. The molecule has 26 heavy (non-hydrogen) atoms. The molecule has 7 heteroatoms. The molecule has 1 aliphatic rings. The summed E-state index contributed by atoms with van der Waals surface area (Å²) in [5.74, 6) is 2.03. The SMILES string of the molecule is CCNC(=NCc1cc(C(C)C)no1)NCCN1CCCCC1CC.I. The van der Waals surface area contributed by atoms with Gasteiger partial charge in [0.15, 0.2) is 11.7 Å². The van der Waals surface area contributed by atoms with Gasteiger partial charge in [-0.15, -0.1) is 24.0 Å². The molecule has 1 saturated heterocycles. The maximum absolute atomic E-state index is 5.36. The van der Waals surface area contributed by atoms with Gasteiger partial charge in [-0.05, 0) is 38.6 Å². The van der Waals surface area contributed by atoms with Gasteiger partial charge in [0.2, 0.25) is 0 Å². The number of piperidine rings is 1. The van der Waals surface area contributed by atoms with E-state index >= 15 is 0 Å². The first-order valence-corrected chi connectivity index (χ1v) is 9.85. The van der Waals surface area contributed by atoms with Crippen LogP contribution in [0.2, 0.25) is 0 Å². The van der Waals surface area contributed by atoms with Crippen LogP contribution in [-0.4, -0.2) is 48.2 Å². The van der Waals surface area contributed by atoms with Crippen molar-refractivity contribution in [1.82, 2.24) is 20.7 Å². The monoisotopic (exact) mass is 477 g/mol. The fourth-order valence-electron chi connectivity index (χ4n) is 3.31. The molecule has 150 valence electrons. The first-order valence-electron chi connectivity index (χ1n) is 9.85. The second-order valence-electron chi connectivity index (χ2n) is 7.09. The van der Waals surface area contributed by atoms with Gasteiger partial charge in [-0.1, -0.05) is 32.3 Å². The van der Waals surface area contributed by atoms with Crippen LogP contribution < -0.4 is 10.6 Å². The largest absolute Gasteiger partial charge is 0.359 e. The van der Waals surface area contributed by atoms with Gasteiger partial charge >= 0.3 is 0 Å². The van der Waals surface area contributed by atoms with Crippen LogP contribution in [-0.2, 0) is 6.54 Å². The zero-order chi connectivity index (χ0) is 18.1. The molecular weight excluding hydrogens is 441 g/mol. The lowest BCUT2D eigenvalue weighted by Crippen LogP contribution is -2.45. The molecule has 1 aromatic rings. The average molecular weight is 477 g/mol. The Balaban J connectivity index is 0.00000338. The Hall–Kier alpha value is -0.830. The van der Waals surface area contributed by atoms with Crippen LogP contribution in [0.4, 0.5) is 0 Å². The van der Waals surface area contributed by atoms with Crippen LogP contribution in [0.3, 0.4) is 0 Å². The van der Waals surface area contributed by atoms with Gasteiger partial charge in [-0.25, -0.2) is 4.99 Å². The molecule has 0 bridgehead atoms. The van der Waals surface area contributed by atoms with Gasteiger partial charge in [0.1, 0.15) is 6.54 Å². The Bertz CT molecular complexity index is 532. The van der Waals surface area contributed by atoms with Crippen molar-refractivity contribution in [1.29, 1.82) is 0 Å². The van der Waals surface area contributed by atoms with E-state index in [9.17, 15) is 0 Å². The summed E-state index contributed by atoms with van der Waals surface area (Å²) >= 11 is 0. The number of likely N-dealkylation sites (tertiary alicyclic amines) is 1. The van der Waals surface area contributed by atoms with Crippen LogP contribution in [0.15, 0.2) is 15.6 Å². The van der Waals surface area contributed by atoms with E-state index < -0.39 is 0 Å². The average Bonchev–Trinajstić information content (AvgIpc) is 3.09. The predicted octanol–water partition coefficient (Wildman–Crippen LogP) is 3.74. The number of hydrogen-bond donors (Lipinski definition) is 2. The molecule has 2 heterocycles. The van der Waals surface area contributed by atoms with E-state index in [0.717, 1.165) is 43.1 Å². The summed E-state index contributed by atoms with van der Waals surface area (Å²) in [5.41, 5.74) is 0.985. The Morgan fingerprint density at radius 2 is 2.15 bits per heavy atom. The summed E-state index contributed by atoms with van der Waals surface area (Å²) in [6.07, 6.45) is 5.29. The molecule has 0 amide bonds. The fraction of sp³-hybridized carbons (Fsp3) is 0.789. The van der Waals surface area contributed by atoms with E-state index in [4.69, 9.17) is 4.52 Å². The third-order valence-electron chi connectivity index (χ3n) is 4.82. The number of halogens is 1. The second-order valence-corrected chi connectivity index (χ2v) is 7.09. The minimum atomic E-state index is 0. The third-order valence-corrected chi connectivity index (χ3v) is 4.82. The van der Waals surface area contributed by atoms with Crippen molar-refractivity contribution in [3.63, 3.8) is 0 Å². The smallest absolute Gasteiger partial charge is 0.191 e. The Morgan fingerprint density at radius 1 is 1.35 bits per heavy atom. The Labute approximate surface area is 175 Å². The second kappa shape index (κ2) is 12.5. The fourth-order valence-corrected chi connectivity index (χ4v) is 3.31. The van der Waals surface area contributed by atoms with Crippen molar-refractivity contribution in [2.24, 2.45) is 4.99 Å². The summed E-state index contributed by atoms with van der Waals surface area (Å²) in [6, 6.07) is 2.75. The quantitative estimate of drug-likeness (QED) is 0.339. The van der Waals surface area contributed by atoms with E-state index in [1.165, 1.54) is 32.2 Å². The molecule has 0 radical (unpaired) electrons. The van der Waals surface area contributed by atoms with Crippen LogP contribution in [0, 0.1) is 0 Å². The first-order chi connectivity index (χ1) is 12.1. The highest BCUT2D eigenvalue weighted by Gasteiger charge is 2.19. The van der Waals surface area contributed by atoms with Crippen molar-refractivity contribution in [2.45, 2.75) is 71.9 Å². The van der Waals surface area contributed by atoms with E-state index in [-0.39, 0.29) is 24.0 Å². The molecule has 0 spiro atoms. The molecule has 1 fully saturated rings. The molecule has 0 saturated carbocycles. The van der Waals surface area contributed by atoms with Crippen LogP contribution >= 0.6 is 24.0 Å². The number of nitrogens with one attached hydrogen (secondary N) is 2. The number of nitrogens with zero attached hydrogens (tertiary/aromatic N) is 3. The molecule has 1 atom stereocenters. The summed E-state index contributed by atoms with van der Waals surface area (Å²) in [6.45, 7) is 13.2. The van der Waals surface area contributed by atoms with E-state index in [1.807, 2.05) is 6.07 Å². The topological polar surface area (TPSA) is 65.7 Å². The van der Waals surface area contributed by atoms with Crippen molar-refractivity contribution in [3.05, 3.63) is 17.5 Å². The lowest BCUT2D eigenvalue weighted by Gasteiger charge is -2.35. The molecule has 2 rings (SSSR count). The summed E-state index contributed by atoms with van der Waals surface area (Å²) < 4.78 is 5.36. The number of hydrogen-bond acceptors (Lipinski definition) is 4. The van der Waals surface area contributed by atoms with Gasteiger partial charge in [-0.3, -0.25) is 4.90 Å². The zero-order valence-electron chi connectivity index (χ0n) is 16.8. The molecule has 0 aliphatic carbocycles. The van der Waals surface area contributed by atoms with Gasteiger partial charge < -0.3 is 15.2 Å². The van der Waals surface area contributed by atoms with Crippen molar-refractivity contribution in [3.8, 4) is 0 Å². The number of rotatable bonds is 8. The molecular formula is C19H36IN5O. The van der Waals surface area contributed by atoms with Crippen molar-refractivity contribution in [2.75, 3.05) is 26.2 Å². The molecule has 2 N–H and O–H groups in total. The van der Waals surface area contributed by atoms with Crippen molar-refractivity contribution >= 4 is 29.9 Å². The van der Waals surface area contributed by atoms with E-state index in [1.54, 1.807) is 0 Å². The number of guanidine groups is 1. The summed E-state index contributed by atoms with van der Waals surface area (Å²) in [7, 11) is 0. The first kappa shape index (κ1) is 23.2. The van der Waals surface area contributed by atoms with Crippen LogP contribution in [0.25, 0.3) is 0 Å². The molecule has 1 aliphatic heterocycles. The third kappa shape index (κ3) is 7.42. The lowest BCUT2D eigenvalue weighted by molar-refractivity contribution is 0.147. The van der Waals surface area contributed by atoms with Gasteiger partial charge in [0, 0.05) is 31.7 Å². The lowest BCUT2D eigenvalue weighted by atomic mass is 10.0. The Kier molecular flexibility index (Phi) is 11.2. The minimum absolute atomic E-state index is 0. The highest BCUT2D eigenvalue weighted by molar-refractivity contribution is 14.0. The number of aromatic nitrogens is 1. The van der Waals surface area contributed by atoms with Crippen LogP contribution in [0.1, 0.15) is 70.8 Å². The standard InChI is InChI=1S/C19H35N5O.HI/c1-5-16-9-7-8-11-24(16)12-10-21-19(20-6-2)22-14-17-13-18(15(3)4)23-25-17;/h13,15-16H,5-12,14H2,1-4H3,(H2,20,21,22);1H. The van der Waals surface area contributed by atoms with Crippen LogP contribution in [0.5, 0.6) is 0 Å². The predicted molar refractivity (Wildman–Crippen MR) is 118 cm³/mol.